The summed E-state index contributed by atoms with van der Waals surface area (Å²) < 4.78 is 0. The van der Waals surface area contributed by atoms with Crippen molar-refractivity contribution in [2.75, 3.05) is 26.2 Å². The molecule has 1 fully saturated rings. The normalized spacial score (nSPS) is 19.5. The molecule has 1 atom stereocenters. The Labute approximate surface area is 144 Å². The zero-order valence-corrected chi connectivity index (χ0v) is 14.0. The third-order valence-corrected chi connectivity index (χ3v) is 4.70. The summed E-state index contributed by atoms with van der Waals surface area (Å²) >= 11 is 0. The Morgan fingerprint density at radius 2 is 1.71 bits per heavy atom. The highest BCUT2D eigenvalue weighted by atomic mass is 16.3. The summed E-state index contributed by atoms with van der Waals surface area (Å²) in [5.74, 6) is 0.321. The molecule has 2 aromatic rings. The smallest absolute Gasteiger partial charge is 0.115 e. The second-order valence-corrected chi connectivity index (χ2v) is 6.53. The summed E-state index contributed by atoms with van der Waals surface area (Å²) in [6.07, 6.45) is 0.795. The zero-order chi connectivity index (χ0) is 16.8. The van der Waals surface area contributed by atoms with Gasteiger partial charge in [-0.2, -0.15) is 0 Å². The van der Waals surface area contributed by atoms with Crippen LogP contribution < -0.4 is 0 Å². The minimum absolute atomic E-state index is 0.218. The van der Waals surface area contributed by atoms with Crippen LogP contribution in [0.25, 0.3) is 0 Å². The van der Waals surface area contributed by atoms with Crippen LogP contribution in [0.4, 0.5) is 0 Å². The number of aliphatic hydroxyl groups is 1. The number of piperazine rings is 1. The van der Waals surface area contributed by atoms with Gasteiger partial charge >= 0.3 is 0 Å². The van der Waals surface area contributed by atoms with Crippen molar-refractivity contribution in [3.63, 3.8) is 0 Å². The minimum Gasteiger partial charge on any atom is -0.508 e. The summed E-state index contributed by atoms with van der Waals surface area (Å²) in [5.41, 5.74) is 2.45. The molecule has 2 aromatic carbocycles. The summed E-state index contributed by atoms with van der Waals surface area (Å²) in [4.78, 5) is 4.89. The lowest BCUT2D eigenvalue weighted by Gasteiger charge is -2.41. The quantitative estimate of drug-likeness (QED) is 0.856. The molecule has 0 aliphatic carbocycles. The third kappa shape index (κ3) is 4.57. The number of phenols is 1. The molecular formula is C20H26N2O2. The van der Waals surface area contributed by atoms with Crippen molar-refractivity contribution < 1.29 is 10.2 Å². The fourth-order valence-electron chi connectivity index (χ4n) is 3.46. The molecule has 24 heavy (non-hydrogen) atoms. The lowest BCUT2D eigenvalue weighted by Crippen LogP contribution is -2.52. The first kappa shape index (κ1) is 17.0. The van der Waals surface area contributed by atoms with Crippen molar-refractivity contribution in [2.45, 2.75) is 25.6 Å². The van der Waals surface area contributed by atoms with E-state index in [0.717, 1.165) is 44.7 Å². The molecule has 2 N–H and O–H groups in total. The highest BCUT2D eigenvalue weighted by Crippen LogP contribution is 2.19. The molecule has 3 rings (SSSR count). The van der Waals surface area contributed by atoms with Gasteiger partial charge in [0.2, 0.25) is 0 Å². The minimum atomic E-state index is 0.218. The number of phenolic OH excluding ortho intramolecular Hbond substituents is 1. The number of nitrogens with zero attached hydrogens (tertiary/aromatic N) is 2. The van der Waals surface area contributed by atoms with Gasteiger partial charge in [0.15, 0.2) is 0 Å². The number of hydrogen-bond donors (Lipinski definition) is 2. The van der Waals surface area contributed by atoms with Crippen LogP contribution in [0.15, 0.2) is 54.6 Å². The number of hydrogen-bond acceptors (Lipinski definition) is 4. The molecule has 1 unspecified atom stereocenters. The van der Waals surface area contributed by atoms with E-state index in [1.54, 1.807) is 6.07 Å². The Balaban J connectivity index is 1.62. The molecule has 4 nitrogen and oxygen atoms in total. The van der Waals surface area contributed by atoms with Gasteiger partial charge in [0.05, 0.1) is 0 Å². The molecule has 0 radical (unpaired) electrons. The van der Waals surface area contributed by atoms with Gasteiger partial charge in [-0.05, 0) is 29.7 Å². The van der Waals surface area contributed by atoms with Crippen molar-refractivity contribution in [2.24, 2.45) is 0 Å². The van der Waals surface area contributed by atoms with Crippen molar-refractivity contribution in [1.82, 2.24) is 9.80 Å². The Morgan fingerprint density at radius 3 is 2.46 bits per heavy atom. The summed E-state index contributed by atoms with van der Waals surface area (Å²) in [7, 11) is 0. The Bertz CT molecular complexity index is 633. The maximum Gasteiger partial charge on any atom is 0.115 e. The van der Waals surface area contributed by atoms with E-state index in [0.29, 0.717) is 11.8 Å². The van der Waals surface area contributed by atoms with Crippen LogP contribution in [0.3, 0.4) is 0 Å². The highest BCUT2D eigenvalue weighted by Gasteiger charge is 2.26. The Morgan fingerprint density at radius 1 is 0.917 bits per heavy atom. The topological polar surface area (TPSA) is 46.9 Å². The lowest BCUT2D eigenvalue weighted by molar-refractivity contribution is 0.0499. The summed E-state index contributed by atoms with van der Waals surface area (Å²) in [5, 5.41) is 19.1. The molecule has 0 bridgehead atoms. The standard InChI is InChI=1S/C20H26N2O2/c23-12-9-19-16-21(14-18-7-4-8-20(24)13-18)10-11-22(19)15-17-5-2-1-3-6-17/h1-8,13,19,23-24H,9-12,14-16H2. The second-order valence-electron chi connectivity index (χ2n) is 6.53. The molecule has 1 saturated heterocycles. The second kappa shape index (κ2) is 8.29. The van der Waals surface area contributed by atoms with Crippen LogP contribution in [-0.4, -0.2) is 52.3 Å². The van der Waals surface area contributed by atoms with Gasteiger partial charge in [-0.15, -0.1) is 0 Å². The first-order valence-corrected chi connectivity index (χ1v) is 8.63. The van der Waals surface area contributed by atoms with E-state index in [2.05, 4.69) is 40.1 Å². The first-order valence-electron chi connectivity index (χ1n) is 8.63. The lowest BCUT2D eigenvalue weighted by atomic mass is 10.1. The maximum atomic E-state index is 9.63. The predicted octanol–water partition coefficient (Wildman–Crippen LogP) is 2.46. The molecule has 4 heteroatoms. The fraction of sp³-hybridized carbons (Fsp3) is 0.400. The first-order chi connectivity index (χ1) is 11.7. The molecule has 0 amide bonds. The predicted molar refractivity (Wildman–Crippen MR) is 95.7 cm³/mol. The molecule has 0 saturated carbocycles. The van der Waals surface area contributed by atoms with Crippen molar-refractivity contribution in [1.29, 1.82) is 0 Å². The van der Waals surface area contributed by atoms with E-state index in [9.17, 15) is 10.2 Å². The van der Waals surface area contributed by atoms with Gasteiger partial charge in [0.1, 0.15) is 5.75 Å². The van der Waals surface area contributed by atoms with Gasteiger partial charge in [-0.3, -0.25) is 9.80 Å². The fourth-order valence-corrected chi connectivity index (χ4v) is 3.46. The molecule has 0 spiro atoms. The summed E-state index contributed by atoms with van der Waals surface area (Å²) in [6.45, 7) is 4.95. The van der Waals surface area contributed by atoms with Gasteiger partial charge in [-0.1, -0.05) is 42.5 Å². The van der Waals surface area contributed by atoms with Crippen LogP contribution in [-0.2, 0) is 13.1 Å². The van der Waals surface area contributed by atoms with E-state index in [4.69, 9.17) is 0 Å². The average molecular weight is 326 g/mol. The average Bonchev–Trinajstić information content (AvgIpc) is 2.58. The van der Waals surface area contributed by atoms with E-state index in [1.807, 2.05) is 18.2 Å². The van der Waals surface area contributed by atoms with Crippen molar-refractivity contribution >= 4 is 0 Å². The SMILES string of the molecule is OCCC1CN(Cc2cccc(O)c2)CCN1Cc1ccccc1. The zero-order valence-electron chi connectivity index (χ0n) is 14.0. The van der Waals surface area contributed by atoms with Gasteiger partial charge in [0, 0.05) is 45.4 Å². The van der Waals surface area contributed by atoms with Gasteiger partial charge in [0.25, 0.3) is 0 Å². The van der Waals surface area contributed by atoms with Gasteiger partial charge in [-0.25, -0.2) is 0 Å². The van der Waals surface area contributed by atoms with E-state index in [-0.39, 0.29) is 6.61 Å². The van der Waals surface area contributed by atoms with Crippen molar-refractivity contribution in [3.05, 3.63) is 65.7 Å². The van der Waals surface area contributed by atoms with Crippen LogP contribution in [0, 0.1) is 0 Å². The molecule has 1 aliphatic heterocycles. The highest BCUT2D eigenvalue weighted by molar-refractivity contribution is 5.27. The van der Waals surface area contributed by atoms with Crippen LogP contribution in [0.2, 0.25) is 0 Å². The van der Waals surface area contributed by atoms with E-state index >= 15 is 0 Å². The Hall–Kier alpha value is -1.88. The third-order valence-electron chi connectivity index (χ3n) is 4.70. The number of aliphatic hydroxyl groups excluding tert-OH is 1. The number of benzene rings is 2. The molecular weight excluding hydrogens is 300 g/mol. The largest absolute Gasteiger partial charge is 0.508 e. The summed E-state index contributed by atoms with van der Waals surface area (Å²) in [6, 6.07) is 18.4. The molecule has 1 aliphatic rings. The molecule has 1 heterocycles. The maximum absolute atomic E-state index is 9.63. The van der Waals surface area contributed by atoms with Crippen LogP contribution in [0.5, 0.6) is 5.75 Å². The van der Waals surface area contributed by atoms with E-state index in [1.165, 1.54) is 5.56 Å². The van der Waals surface area contributed by atoms with E-state index < -0.39 is 0 Å². The number of rotatable bonds is 6. The molecule has 0 aromatic heterocycles. The monoisotopic (exact) mass is 326 g/mol. The van der Waals surface area contributed by atoms with Crippen LogP contribution in [0.1, 0.15) is 17.5 Å². The van der Waals surface area contributed by atoms with Crippen molar-refractivity contribution in [3.8, 4) is 5.75 Å². The van der Waals surface area contributed by atoms with Gasteiger partial charge < -0.3 is 10.2 Å². The Kier molecular flexibility index (Phi) is 5.86. The van der Waals surface area contributed by atoms with Crippen LogP contribution >= 0.6 is 0 Å². The number of aromatic hydroxyl groups is 1. The molecule has 128 valence electrons.